The van der Waals surface area contributed by atoms with Gasteiger partial charge in [0.2, 0.25) is 0 Å². The lowest BCUT2D eigenvalue weighted by Gasteiger charge is -2.33. The molecule has 2 aromatic rings. The lowest BCUT2D eigenvalue weighted by Crippen LogP contribution is -2.44. The Hall–Kier alpha value is -2.64. The largest absolute Gasteiger partial charge is 0.421 e. The van der Waals surface area contributed by atoms with E-state index in [2.05, 4.69) is 4.90 Å². The zero-order chi connectivity index (χ0) is 19.6. The number of piperazine rings is 1. The Morgan fingerprint density at radius 3 is 2.52 bits per heavy atom. The number of carbonyl (C=O) groups is 1. The van der Waals surface area contributed by atoms with Crippen LogP contribution in [-0.4, -0.2) is 49.0 Å². The second kappa shape index (κ2) is 7.94. The molecule has 0 atom stereocenters. The van der Waals surface area contributed by atoms with E-state index in [9.17, 15) is 14.9 Å². The predicted molar refractivity (Wildman–Crippen MR) is 104 cm³/mol. The first-order valence-electron chi connectivity index (χ1n) is 8.55. The molecule has 1 saturated heterocycles. The number of ether oxygens (including phenoxy) is 1. The van der Waals surface area contributed by atoms with Crippen LogP contribution in [0.2, 0.25) is 5.02 Å². The van der Waals surface area contributed by atoms with Crippen molar-refractivity contribution in [2.24, 2.45) is 0 Å². The smallest absolute Gasteiger partial charge is 0.343 e. The molecule has 0 radical (unpaired) electrons. The van der Waals surface area contributed by atoms with E-state index < -0.39 is 10.9 Å². The molecule has 0 unspecified atom stereocenters. The van der Waals surface area contributed by atoms with Crippen LogP contribution in [0.3, 0.4) is 0 Å². The standard InChI is InChI=1S/C19H20ClN3O4/c1-13-3-5-15(20)18(11-13)27-19(24)14-4-6-16(17(12-14)23(25)26)22-9-7-21(2)8-10-22/h3-6,11-12H,7-10H2,1-2H3. The van der Waals surface area contributed by atoms with E-state index in [-0.39, 0.29) is 17.0 Å². The van der Waals surface area contributed by atoms with Crippen molar-refractivity contribution in [2.45, 2.75) is 6.92 Å². The summed E-state index contributed by atoms with van der Waals surface area (Å²) in [6.07, 6.45) is 0. The number of benzene rings is 2. The number of carbonyl (C=O) groups excluding carboxylic acids is 1. The fourth-order valence-electron chi connectivity index (χ4n) is 2.96. The molecule has 1 aliphatic rings. The molecular formula is C19H20ClN3O4. The molecule has 7 nitrogen and oxygen atoms in total. The van der Waals surface area contributed by atoms with Crippen molar-refractivity contribution in [3.8, 4) is 5.75 Å². The molecule has 0 bridgehead atoms. The summed E-state index contributed by atoms with van der Waals surface area (Å²) < 4.78 is 5.33. The van der Waals surface area contributed by atoms with Gasteiger partial charge >= 0.3 is 5.97 Å². The van der Waals surface area contributed by atoms with E-state index in [0.717, 1.165) is 18.7 Å². The van der Waals surface area contributed by atoms with Crippen LogP contribution >= 0.6 is 11.6 Å². The van der Waals surface area contributed by atoms with Gasteiger partial charge in [0, 0.05) is 32.2 Å². The van der Waals surface area contributed by atoms with Gasteiger partial charge in [0.1, 0.15) is 11.4 Å². The van der Waals surface area contributed by atoms with Crippen molar-refractivity contribution >= 4 is 28.9 Å². The Morgan fingerprint density at radius 1 is 1.15 bits per heavy atom. The SMILES string of the molecule is Cc1ccc(Cl)c(OC(=O)c2ccc(N3CCN(C)CC3)c([N+](=O)[O-])c2)c1. The minimum absolute atomic E-state index is 0.107. The van der Waals surface area contributed by atoms with Crippen LogP contribution in [0.5, 0.6) is 5.75 Å². The highest BCUT2D eigenvalue weighted by molar-refractivity contribution is 6.32. The van der Waals surface area contributed by atoms with Crippen LogP contribution in [0.15, 0.2) is 36.4 Å². The van der Waals surface area contributed by atoms with Crippen LogP contribution in [0.4, 0.5) is 11.4 Å². The van der Waals surface area contributed by atoms with Crippen LogP contribution in [-0.2, 0) is 0 Å². The second-order valence-electron chi connectivity index (χ2n) is 6.57. The maximum atomic E-state index is 12.5. The van der Waals surface area contributed by atoms with Gasteiger partial charge in [-0.1, -0.05) is 17.7 Å². The van der Waals surface area contributed by atoms with E-state index in [0.29, 0.717) is 23.8 Å². The molecule has 142 valence electrons. The minimum Gasteiger partial charge on any atom is -0.421 e. The third kappa shape index (κ3) is 4.37. The number of nitro benzene ring substituents is 1. The molecule has 0 amide bonds. The molecule has 8 heteroatoms. The Kier molecular flexibility index (Phi) is 5.62. The van der Waals surface area contributed by atoms with Gasteiger partial charge in [0.05, 0.1) is 15.5 Å². The number of halogens is 1. The highest BCUT2D eigenvalue weighted by Crippen LogP contribution is 2.31. The van der Waals surface area contributed by atoms with Crippen LogP contribution in [0.25, 0.3) is 0 Å². The molecule has 0 saturated carbocycles. The Balaban J connectivity index is 1.86. The van der Waals surface area contributed by atoms with Gasteiger partial charge in [-0.15, -0.1) is 0 Å². The molecule has 1 heterocycles. The van der Waals surface area contributed by atoms with Gasteiger partial charge in [-0.25, -0.2) is 4.79 Å². The predicted octanol–water partition coefficient (Wildman–Crippen LogP) is 3.53. The molecule has 0 N–H and O–H groups in total. The molecule has 0 aliphatic carbocycles. The number of hydrogen-bond donors (Lipinski definition) is 0. The minimum atomic E-state index is -0.685. The molecule has 2 aromatic carbocycles. The zero-order valence-electron chi connectivity index (χ0n) is 15.1. The van der Waals surface area contributed by atoms with Crippen molar-refractivity contribution in [2.75, 3.05) is 38.1 Å². The number of nitro groups is 1. The maximum Gasteiger partial charge on any atom is 0.343 e. The van der Waals surface area contributed by atoms with E-state index in [4.69, 9.17) is 16.3 Å². The third-order valence-electron chi connectivity index (χ3n) is 4.54. The fourth-order valence-corrected chi connectivity index (χ4v) is 3.12. The number of anilines is 1. The fraction of sp³-hybridized carbons (Fsp3) is 0.316. The lowest BCUT2D eigenvalue weighted by molar-refractivity contribution is -0.384. The summed E-state index contributed by atoms with van der Waals surface area (Å²) in [4.78, 5) is 27.7. The second-order valence-corrected chi connectivity index (χ2v) is 6.98. The zero-order valence-corrected chi connectivity index (χ0v) is 15.9. The molecule has 1 aliphatic heterocycles. The van der Waals surface area contributed by atoms with E-state index in [1.54, 1.807) is 30.3 Å². The average molecular weight is 390 g/mol. The first-order chi connectivity index (χ1) is 12.8. The molecular weight excluding hydrogens is 370 g/mol. The Labute approximate surface area is 162 Å². The van der Waals surface area contributed by atoms with Crippen LogP contribution < -0.4 is 9.64 Å². The van der Waals surface area contributed by atoms with E-state index >= 15 is 0 Å². The Morgan fingerprint density at radius 2 is 1.85 bits per heavy atom. The van der Waals surface area contributed by atoms with Crippen molar-refractivity contribution in [3.05, 3.63) is 62.7 Å². The summed E-state index contributed by atoms with van der Waals surface area (Å²) in [6, 6.07) is 9.51. The van der Waals surface area contributed by atoms with Crippen LogP contribution in [0.1, 0.15) is 15.9 Å². The molecule has 27 heavy (non-hydrogen) atoms. The first kappa shape index (κ1) is 19.1. The van der Waals surface area contributed by atoms with Gasteiger partial charge < -0.3 is 14.5 Å². The summed E-state index contributed by atoms with van der Waals surface area (Å²) in [5, 5.41) is 11.9. The number of rotatable bonds is 4. The summed E-state index contributed by atoms with van der Waals surface area (Å²) in [5.41, 5.74) is 1.40. The average Bonchev–Trinajstić information content (AvgIpc) is 2.65. The summed E-state index contributed by atoms with van der Waals surface area (Å²) in [5.74, 6) is -0.456. The van der Waals surface area contributed by atoms with Gasteiger partial charge in [-0.3, -0.25) is 10.1 Å². The molecule has 1 fully saturated rings. The van der Waals surface area contributed by atoms with Crippen molar-refractivity contribution < 1.29 is 14.5 Å². The molecule has 0 aromatic heterocycles. The number of aryl methyl sites for hydroxylation is 1. The summed E-state index contributed by atoms with van der Waals surface area (Å²) >= 11 is 6.05. The van der Waals surface area contributed by atoms with E-state index in [1.807, 2.05) is 18.9 Å². The maximum absolute atomic E-state index is 12.5. The van der Waals surface area contributed by atoms with Crippen molar-refractivity contribution in [3.63, 3.8) is 0 Å². The van der Waals surface area contributed by atoms with Gasteiger partial charge in [-0.05, 0) is 43.8 Å². The quantitative estimate of drug-likeness (QED) is 0.344. The number of nitrogens with zero attached hydrogens (tertiary/aromatic N) is 3. The number of esters is 1. The lowest BCUT2D eigenvalue weighted by atomic mass is 10.1. The highest BCUT2D eigenvalue weighted by atomic mass is 35.5. The first-order valence-corrected chi connectivity index (χ1v) is 8.93. The summed E-state index contributed by atoms with van der Waals surface area (Å²) in [6.45, 7) is 4.89. The Bertz CT molecular complexity index is 879. The van der Waals surface area contributed by atoms with Gasteiger partial charge in [0.25, 0.3) is 5.69 Å². The molecule has 0 spiro atoms. The third-order valence-corrected chi connectivity index (χ3v) is 4.85. The van der Waals surface area contributed by atoms with Gasteiger partial charge in [-0.2, -0.15) is 0 Å². The van der Waals surface area contributed by atoms with Crippen molar-refractivity contribution in [1.82, 2.24) is 4.90 Å². The monoisotopic (exact) mass is 389 g/mol. The number of likely N-dealkylation sites (N-methyl/N-ethyl adjacent to an activating group) is 1. The number of hydrogen-bond acceptors (Lipinski definition) is 6. The topological polar surface area (TPSA) is 75.9 Å². The van der Waals surface area contributed by atoms with Crippen molar-refractivity contribution in [1.29, 1.82) is 0 Å². The highest BCUT2D eigenvalue weighted by Gasteiger charge is 2.25. The van der Waals surface area contributed by atoms with E-state index in [1.165, 1.54) is 6.07 Å². The van der Waals surface area contributed by atoms with Crippen LogP contribution in [0, 0.1) is 17.0 Å². The van der Waals surface area contributed by atoms with Gasteiger partial charge in [0.15, 0.2) is 0 Å². The molecule has 3 rings (SSSR count). The normalized spacial score (nSPS) is 14.9. The summed E-state index contributed by atoms with van der Waals surface area (Å²) in [7, 11) is 2.02.